The number of likely N-dealkylation sites (N-methyl/N-ethyl adjacent to an activating group) is 1. The molecule has 1 aromatic rings. The van der Waals surface area contributed by atoms with E-state index in [-0.39, 0.29) is 5.92 Å². The van der Waals surface area contributed by atoms with Crippen LogP contribution in [0.15, 0.2) is 6.07 Å². The van der Waals surface area contributed by atoms with Gasteiger partial charge in [-0.1, -0.05) is 0 Å². The summed E-state index contributed by atoms with van der Waals surface area (Å²) in [7, 11) is 2.16. The van der Waals surface area contributed by atoms with Crippen LogP contribution < -0.4 is 5.32 Å². The normalized spacial score (nSPS) is 25.9. The van der Waals surface area contributed by atoms with Crippen molar-refractivity contribution in [2.75, 3.05) is 26.7 Å². The summed E-state index contributed by atoms with van der Waals surface area (Å²) in [6.45, 7) is 3.87. The zero-order valence-corrected chi connectivity index (χ0v) is 11.0. The van der Waals surface area contributed by atoms with Crippen molar-refractivity contribution in [3.05, 3.63) is 21.4 Å². The van der Waals surface area contributed by atoms with Gasteiger partial charge in [-0.15, -0.1) is 11.3 Å². The fraction of sp³-hybridized carbons (Fsp3) is 0.615. The zero-order chi connectivity index (χ0) is 11.8. The van der Waals surface area contributed by atoms with E-state index in [4.69, 9.17) is 0 Å². The lowest BCUT2D eigenvalue weighted by Crippen LogP contribution is -2.34. The Labute approximate surface area is 106 Å². The lowest BCUT2D eigenvalue weighted by molar-refractivity contribution is -0.121. The minimum Gasteiger partial charge on any atom is -0.315 e. The lowest BCUT2D eigenvalue weighted by atomic mass is 9.95. The van der Waals surface area contributed by atoms with Crippen molar-refractivity contribution < 1.29 is 4.79 Å². The van der Waals surface area contributed by atoms with Gasteiger partial charge in [0.25, 0.3) is 0 Å². The highest BCUT2D eigenvalue weighted by atomic mass is 32.1. The fourth-order valence-corrected chi connectivity index (χ4v) is 4.07. The molecule has 1 saturated heterocycles. The van der Waals surface area contributed by atoms with Crippen molar-refractivity contribution in [2.45, 2.75) is 25.3 Å². The van der Waals surface area contributed by atoms with E-state index in [1.54, 1.807) is 0 Å². The molecule has 0 radical (unpaired) electrons. The highest BCUT2D eigenvalue weighted by Crippen LogP contribution is 2.33. The molecule has 1 fully saturated rings. The summed E-state index contributed by atoms with van der Waals surface area (Å²) in [6, 6.07) is 2.28. The summed E-state index contributed by atoms with van der Waals surface area (Å²) in [6.07, 6.45) is 1.82. The first-order valence-electron chi connectivity index (χ1n) is 6.27. The number of nitrogens with one attached hydrogen (secondary N) is 1. The quantitative estimate of drug-likeness (QED) is 0.817. The lowest BCUT2D eigenvalue weighted by Gasteiger charge is -2.21. The Balaban J connectivity index is 1.86. The van der Waals surface area contributed by atoms with Crippen LogP contribution in [0.3, 0.4) is 0 Å². The van der Waals surface area contributed by atoms with Gasteiger partial charge in [-0.25, -0.2) is 0 Å². The number of thiophene rings is 1. The summed E-state index contributed by atoms with van der Waals surface area (Å²) < 4.78 is 0. The number of piperidine rings is 1. The van der Waals surface area contributed by atoms with Crippen molar-refractivity contribution in [3.63, 3.8) is 0 Å². The maximum absolute atomic E-state index is 11.9. The van der Waals surface area contributed by atoms with E-state index in [0.29, 0.717) is 12.2 Å². The molecule has 0 saturated carbocycles. The Bertz CT molecular complexity index is 441. The number of fused-ring (bicyclic) bond motifs is 1. The summed E-state index contributed by atoms with van der Waals surface area (Å²) >= 11 is 1.85. The van der Waals surface area contributed by atoms with E-state index < -0.39 is 0 Å². The number of carbonyl (C=O) groups excluding carboxylic acids is 1. The molecule has 0 bridgehead atoms. The van der Waals surface area contributed by atoms with Crippen LogP contribution in [-0.2, 0) is 17.8 Å². The van der Waals surface area contributed by atoms with E-state index >= 15 is 0 Å². The number of rotatable bonds is 1. The molecule has 92 valence electrons. The molecule has 1 unspecified atom stereocenters. The van der Waals surface area contributed by atoms with Crippen LogP contribution in [0, 0.1) is 0 Å². The first-order chi connectivity index (χ1) is 8.24. The number of hydrogen-bond donors (Lipinski definition) is 1. The molecular formula is C13H18N2OS. The van der Waals surface area contributed by atoms with E-state index in [2.05, 4.69) is 23.3 Å². The molecule has 4 heteroatoms. The van der Waals surface area contributed by atoms with Crippen molar-refractivity contribution >= 4 is 17.1 Å². The Kier molecular flexibility index (Phi) is 3.03. The van der Waals surface area contributed by atoms with Crippen molar-refractivity contribution in [1.82, 2.24) is 10.2 Å². The third kappa shape index (κ3) is 2.17. The van der Waals surface area contributed by atoms with Crippen LogP contribution in [0.2, 0.25) is 0 Å². The van der Waals surface area contributed by atoms with Gasteiger partial charge in [0.05, 0.1) is 5.92 Å². The average molecular weight is 250 g/mol. The third-order valence-corrected chi connectivity index (χ3v) is 5.00. The molecule has 1 atom stereocenters. The molecule has 17 heavy (non-hydrogen) atoms. The van der Waals surface area contributed by atoms with Crippen molar-refractivity contribution in [1.29, 1.82) is 0 Å². The minimum atomic E-state index is 0.115. The SMILES string of the molecule is CN1CCc2cc(C3CNCCC3=O)sc2C1. The maximum Gasteiger partial charge on any atom is 0.143 e. The number of carbonyl (C=O) groups is 1. The zero-order valence-electron chi connectivity index (χ0n) is 10.2. The monoisotopic (exact) mass is 250 g/mol. The average Bonchev–Trinajstić information content (AvgIpc) is 2.72. The Morgan fingerprint density at radius 3 is 3.18 bits per heavy atom. The molecule has 0 amide bonds. The van der Waals surface area contributed by atoms with Crippen molar-refractivity contribution in [3.8, 4) is 0 Å². The predicted molar refractivity (Wildman–Crippen MR) is 69.6 cm³/mol. The van der Waals surface area contributed by atoms with E-state index in [0.717, 1.165) is 32.6 Å². The number of hydrogen-bond acceptors (Lipinski definition) is 4. The van der Waals surface area contributed by atoms with E-state index in [1.807, 2.05) is 11.3 Å². The topological polar surface area (TPSA) is 32.3 Å². The second-order valence-corrected chi connectivity index (χ2v) is 6.23. The minimum absolute atomic E-state index is 0.115. The third-order valence-electron chi connectivity index (χ3n) is 3.72. The molecule has 2 aliphatic rings. The number of ketones is 1. The Morgan fingerprint density at radius 2 is 2.35 bits per heavy atom. The fourth-order valence-electron chi connectivity index (χ4n) is 2.65. The van der Waals surface area contributed by atoms with Gasteiger partial charge in [0.1, 0.15) is 5.78 Å². The Hall–Kier alpha value is -0.710. The first kappa shape index (κ1) is 11.4. The van der Waals surface area contributed by atoms with Gasteiger partial charge in [-0.3, -0.25) is 4.79 Å². The highest BCUT2D eigenvalue weighted by Gasteiger charge is 2.27. The van der Waals surface area contributed by atoms with Crippen LogP contribution in [0.4, 0.5) is 0 Å². The summed E-state index contributed by atoms with van der Waals surface area (Å²) in [5.41, 5.74) is 1.47. The summed E-state index contributed by atoms with van der Waals surface area (Å²) in [5, 5.41) is 3.33. The smallest absolute Gasteiger partial charge is 0.143 e. The van der Waals surface area contributed by atoms with Gasteiger partial charge in [0.15, 0.2) is 0 Å². The molecule has 3 nitrogen and oxygen atoms in total. The summed E-state index contributed by atoms with van der Waals surface area (Å²) in [5.74, 6) is 0.528. The molecule has 1 aromatic heterocycles. The molecule has 3 heterocycles. The van der Waals surface area contributed by atoms with Gasteiger partial charge in [-0.05, 0) is 25.1 Å². The van der Waals surface area contributed by atoms with Gasteiger partial charge < -0.3 is 10.2 Å². The molecular weight excluding hydrogens is 232 g/mol. The van der Waals surface area contributed by atoms with Crippen LogP contribution in [0.1, 0.15) is 27.7 Å². The van der Waals surface area contributed by atoms with Crippen LogP contribution in [0.25, 0.3) is 0 Å². The van der Waals surface area contributed by atoms with Crippen molar-refractivity contribution in [2.24, 2.45) is 0 Å². The predicted octanol–water partition coefficient (Wildman–Crippen LogP) is 1.38. The van der Waals surface area contributed by atoms with Gasteiger partial charge in [-0.2, -0.15) is 0 Å². The molecule has 2 aliphatic heterocycles. The molecule has 0 spiro atoms. The van der Waals surface area contributed by atoms with E-state index in [1.165, 1.54) is 15.3 Å². The standard InChI is InChI=1S/C13H18N2OS/c1-15-5-3-9-6-12(17-13(9)8-15)10-7-14-4-2-11(10)16/h6,10,14H,2-5,7-8H2,1H3. The number of Topliss-reactive ketones (excluding diaryl/α,β-unsaturated/α-hetero) is 1. The van der Waals surface area contributed by atoms with Crippen LogP contribution in [-0.4, -0.2) is 37.4 Å². The molecule has 1 N–H and O–H groups in total. The highest BCUT2D eigenvalue weighted by molar-refractivity contribution is 7.12. The van der Waals surface area contributed by atoms with Gasteiger partial charge >= 0.3 is 0 Å². The van der Waals surface area contributed by atoms with E-state index in [9.17, 15) is 4.79 Å². The first-order valence-corrected chi connectivity index (χ1v) is 7.09. The maximum atomic E-state index is 11.9. The summed E-state index contributed by atoms with van der Waals surface area (Å²) in [4.78, 5) is 17.0. The van der Waals surface area contributed by atoms with Gasteiger partial charge in [0.2, 0.25) is 0 Å². The molecule has 0 aromatic carbocycles. The second kappa shape index (κ2) is 4.52. The van der Waals surface area contributed by atoms with Gasteiger partial charge in [0, 0.05) is 42.4 Å². The van der Waals surface area contributed by atoms with Crippen LogP contribution >= 0.6 is 11.3 Å². The largest absolute Gasteiger partial charge is 0.315 e. The Morgan fingerprint density at radius 1 is 1.47 bits per heavy atom. The molecule has 0 aliphatic carbocycles. The molecule has 3 rings (SSSR count). The second-order valence-electron chi connectivity index (χ2n) is 5.06. The van der Waals surface area contributed by atoms with Crippen LogP contribution in [0.5, 0.6) is 0 Å². The number of nitrogens with zero attached hydrogens (tertiary/aromatic N) is 1.